The summed E-state index contributed by atoms with van der Waals surface area (Å²) in [4.78, 5) is 10.1. The first kappa shape index (κ1) is 17.6. The average Bonchev–Trinajstić information content (AvgIpc) is 2.48. The summed E-state index contributed by atoms with van der Waals surface area (Å²) in [6.07, 6.45) is -4.60. The number of thiocarbonyl (C=S) groups is 1. The van der Waals surface area contributed by atoms with E-state index < -0.39 is 28.2 Å². The van der Waals surface area contributed by atoms with E-state index in [1.807, 2.05) is 0 Å². The van der Waals surface area contributed by atoms with Gasteiger partial charge in [-0.05, 0) is 36.5 Å². The fourth-order valence-electron chi connectivity index (χ4n) is 1.88. The zero-order valence-electron chi connectivity index (χ0n) is 11.7. The molecule has 2 aromatic rings. The average molecular weight is 359 g/mol. The van der Waals surface area contributed by atoms with E-state index in [9.17, 15) is 27.7 Å². The Bertz CT molecular complexity index is 796. The number of rotatable bonds is 3. The molecule has 0 fully saturated rings. The van der Waals surface area contributed by atoms with Crippen molar-refractivity contribution in [2.75, 3.05) is 10.6 Å². The van der Waals surface area contributed by atoms with E-state index in [1.165, 1.54) is 12.1 Å². The Balaban J connectivity index is 2.23. The molecule has 126 valence electrons. The van der Waals surface area contributed by atoms with E-state index in [-0.39, 0.29) is 16.5 Å². The number of hydrogen-bond acceptors (Lipinski definition) is 3. The number of hydrogen-bond donors (Lipinski definition) is 2. The number of anilines is 2. The lowest BCUT2D eigenvalue weighted by molar-refractivity contribution is -0.384. The largest absolute Gasteiger partial charge is 0.418 e. The minimum Gasteiger partial charge on any atom is -0.332 e. The normalized spacial score (nSPS) is 11.0. The third-order valence-electron chi connectivity index (χ3n) is 2.89. The van der Waals surface area contributed by atoms with Gasteiger partial charge in [0, 0.05) is 0 Å². The van der Waals surface area contributed by atoms with E-state index >= 15 is 0 Å². The van der Waals surface area contributed by atoms with Crippen LogP contribution in [0.2, 0.25) is 0 Å². The molecular formula is C14H9F4N3O2S. The van der Waals surface area contributed by atoms with Crippen LogP contribution in [0, 0.1) is 15.9 Å². The van der Waals surface area contributed by atoms with E-state index in [1.54, 1.807) is 0 Å². The van der Waals surface area contributed by atoms with Crippen LogP contribution in [0.3, 0.4) is 0 Å². The standard InChI is InChI=1S/C14H9F4N3O2S/c15-8-5-6-11(12(7-8)21(22)23)20-13(24)19-10-4-2-1-3-9(10)14(16,17)18/h1-7H,(H2,19,20,24). The summed E-state index contributed by atoms with van der Waals surface area (Å²) in [6, 6.07) is 7.32. The number of alkyl halides is 3. The molecule has 0 aliphatic carbocycles. The maximum atomic E-state index is 13.1. The summed E-state index contributed by atoms with van der Waals surface area (Å²) in [6.45, 7) is 0. The second-order valence-electron chi connectivity index (χ2n) is 4.54. The minimum atomic E-state index is -4.60. The van der Waals surface area contributed by atoms with Gasteiger partial charge >= 0.3 is 6.18 Å². The molecule has 0 heterocycles. The van der Waals surface area contributed by atoms with Crippen molar-refractivity contribution in [1.29, 1.82) is 0 Å². The van der Waals surface area contributed by atoms with Crippen LogP contribution in [0.4, 0.5) is 34.6 Å². The van der Waals surface area contributed by atoms with Crippen LogP contribution in [-0.4, -0.2) is 10.0 Å². The van der Waals surface area contributed by atoms with Crippen LogP contribution in [0.25, 0.3) is 0 Å². The van der Waals surface area contributed by atoms with Gasteiger partial charge in [-0.2, -0.15) is 13.2 Å². The molecule has 24 heavy (non-hydrogen) atoms. The monoisotopic (exact) mass is 359 g/mol. The zero-order valence-corrected chi connectivity index (χ0v) is 12.5. The van der Waals surface area contributed by atoms with Crippen molar-refractivity contribution in [3.63, 3.8) is 0 Å². The predicted molar refractivity (Wildman–Crippen MR) is 84.3 cm³/mol. The van der Waals surface area contributed by atoms with Crippen molar-refractivity contribution >= 4 is 34.4 Å². The van der Waals surface area contributed by atoms with Gasteiger partial charge in [-0.3, -0.25) is 10.1 Å². The SMILES string of the molecule is O=[N+]([O-])c1cc(F)ccc1NC(=S)Nc1ccccc1C(F)(F)F. The van der Waals surface area contributed by atoms with Gasteiger partial charge in [-0.1, -0.05) is 12.1 Å². The van der Waals surface area contributed by atoms with Crippen LogP contribution in [0.5, 0.6) is 0 Å². The highest BCUT2D eigenvalue weighted by Gasteiger charge is 2.33. The molecule has 0 saturated heterocycles. The lowest BCUT2D eigenvalue weighted by Gasteiger charge is -2.15. The molecule has 2 rings (SSSR count). The maximum Gasteiger partial charge on any atom is 0.418 e. The molecule has 0 unspecified atom stereocenters. The topological polar surface area (TPSA) is 67.2 Å². The van der Waals surface area contributed by atoms with Crippen LogP contribution in [0.1, 0.15) is 5.56 Å². The molecular weight excluding hydrogens is 350 g/mol. The van der Waals surface area contributed by atoms with Crippen molar-refractivity contribution in [2.24, 2.45) is 0 Å². The van der Waals surface area contributed by atoms with Gasteiger partial charge in [-0.15, -0.1) is 0 Å². The number of nitro groups is 1. The van der Waals surface area contributed by atoms with Crippen LogP contribution in [0.15, 0.2) is 42.5 Å². The number of halogens is 4. The van der Waals surface area contributed by atoms with Crippen molar-refractivity contribution < 1.29 is 22.5 Å². The molecule has 0 radical (unpaired) electrons. The van der Waals surface area contributed by atoms with Gasteiger partial charge in [-0.25, -0.2) is 4.39 Å². The van der Waals surface area contributed by atoms with E-state index in [0.29, 0.717) is 6.07 Å². The zero-order chi connectivity index (χ0) is 17.9. The van der Waals surface area contributed by atoms with E-state index in [4.69, 9.17) is 12.2 Å². The molecule has 0 saturated carbocycles. The van der Waals surface area contributed by atoms with Gasteiger partial charge in [0.1, 0.15) is 11.5 Å². The van der Waals surface area contributed by atoms with E-state index in [2.05, 4.69) is 10.6 Å². The van der Waals surface area contributed by atoms with E-state index in [0.717, 1.165) is 24.3 Å². The molecule has 0 spiro atoms. The van der Waals surface area contributed by atoms with Gasteiger partial charge in [0.2, 0.25) is 0 Å². The Morgan fingerprint density at radius 1 is 1.08 bits per heavy atom. The summed E-state index contributed by atoms with van der Waals surface area (Å²) >= 11 is 4.87. The van der Waals surface area contributed by atoms with Crippen molar-refractivity contribution in [3.05, 3.63) is 64.0 Å². The Morgan fingerprint density at radius 2 is 1.71 bits per heavy atom. The third-order valence-corrected chi connectivity index (χ3v) is 3.09. The molecule has 2 N–H and O–H groups in total. The van der Waals surface area contributed by atoms with Crippen LogP contribution >= 0.6 is 12.2 Å². The van der Waals surface area contributed by atoms with Gasteiger partial charge in [0.15, 0.2) is 5.11 Å². The Labute approximate surface area is 138 Å². The number of nitro benzene ring substituents is 1. The Hall–Kier alpha value is -2.75. The summed E-state index contributed by atoms with van der Waals surface area (Å²) in [7, 11) is 0. The fourth-order valence-corrected chi connectivity index (χ4v) is 2.10. The first-order valence-electron chi connectivity index (χ1n) is 6.36. The highest BCUT2D eigenvalue weighted by molar-refractivity contribution is 7.80. The lowest BCUT2D eigenvalue weighted by atomic mass is 10.1. The summed E-state index contributed by atoms with van der Waals surface area (Å²) < 4.78 is 51.8. The lowest BCUT2D eigenvalue weighted by Crippen LogP contribution is -2.22. The quantitative estimate of drug-likeness (QED) is 0.364. The molecule has 0 amide bonds. The highest BCUT2D eigenvalue weighted by Crippen LogP contribution is 2.34. The molecule has 0 bridgehead atoms. The summed E-state index contributed by atoms with van der Waals surface area (Å²) in [5, 5.41) is 15.3. The number of benzene rings is 2. The Morgan fingerprint density at radius 3 is 2.33 bits per heavy atom. The van der Waals surface area contributed by atoms with Crippen molar-refractivity contribution in [2.45, 2.75) is 6.18 Å². The molecule has 0 atom stereocenters. The highest BCUT2D eigenvalue weighted by atomic mass is 32.1. The Kier molecular flexibility index (Phi) is 4.98. The fraction of sp³-hybridized carbons (Fsp3) is 0.0714. The first-order chi connectivity index (χ1) is 11.2. The number of para-hydroxylation sites is 1. The number of nitrogens with one attached hydrogen (secondary N) is 2. The first-order valence-corrected chi connectivity index (χ1v) is 6.77. The molecule has 2 aromatic carbocycles. The van der Waals surface area contributed by atoms with Gasteiger partial charge in [0.25, 0.3) is 5.69 Å². The molecule has 0 aromatic heterocycles. The molecule has 5 nitrogen and oxygen atoms in total. The van der Waals surface area contributed by atoms with Crippen LogP contribution < -0.4 is 10.6 Å². The smallest absolute Gasteiger partial charge is 0.332 e. The van der Waals surface area contributed by atoms with Crippen molar-refractivity contribution in [3.8, 4) is 0 Å². The summed E-state index contributed by atoms with van der Waals surface area (Å²) in [5.74, 6) is -0.825. The van der Waals surface area contributed by atoms with Gasteiger partial charge < -0.3 is 10.6 Å². The third kappa shape index (κ3) is 4.16. The second kappa shape index (κ2) is 6.79. The molecule has 0 aliphatic rings. The van der Waals surface area contributed by atoms with Crippen molar-refractivity contribution in [1.82, 2.24) is 0 Å². The molecule has 0 aliphatic heterocycles. The summed E-state index contributed by atoms with van der Waals surface area (Å²) in [5.41, 5.74) is -2.00. The van der Waals surface area contributed by atoms with Gasteiger partial charge in [0.05, 0.1) is 22.2 Å². The predicted octanol–water partition coefficient (Wildman–Crippen LogP) is 4.56. The molecule has 10 heteroatoms. The maximum absolute atomic E-state index is 13.1. The minimum absolute atomic E-state index is 0.150. The van der Waals surface area contributed by atoms with Crippen LogP contribution in [-0.2, 0) is 6.18 Å². The number of nitrogens with zero attached hydrogens (tertiary/aromatic N) is 1. The second-order valence-corrected chi connectivity index (χ2v) is 4.95.